The predicted octanol–water partition coefficient (Wildman–Crippen LogP) is 1.45. The summed E-state index contributed by atoms with van der Waals surface area (Å²) in [6, 6.07) is 5.95. The van der Waals surface area contributed by atoms with Crippen LogP contribution in [0.4, 0.5) is 0 Å². The Hall–Kier alpha value is -1.55. The summed E-state index contributed by atoms with van der Waals surface area (Å²) in [6.07, 6.45) is 1.72. The summed E-state index contributed by atoms with van der Waals surface area (Å²) in [6.45, 7) is 1.98. The van der Waals surface area contributed by atoms with Crippen LogP contribution in [0.25, 0.3) is 0 Å². The average Bonchev–Trinajstić information content (AvgIpc) is 2.59. The van der Waals surface area contributed by atoms with Gasteiger partial charge in [-0.1, -0.05) is 13.0 Å². The summed E-state index contributed by atoms with van der Waals surface area (Å²) < 4.78 is 5.28. The molecule has 1 fully saturated rings. The van der Waals surface area contributed by atoms with Gasteiger partial charge in [0, 0.05) is 25.3 Å². The highest BCUT2D eigenvalue weighted by Gasteiger charge is 2.61. The molecule has 0 spiro atoms. The zero-order valence-electron chi connectivity index (χ0n) is 11.6. The van der Waals surface area contributed by atoms with Gasteiger partial charge in [0.15, 0.2) is 0 Å². The number of hydrogen-bond donors (Lipinski definition) is 1. The van der Waals surface area contributed by atoms with E-state index in [2.05, 4.69) is 0 Å². The third kappa shape index (κ3) is 1.40. The van der Waals surface area contributed by atoms with Crippen molar-refractivity contribution in [2.45, 2.75) is 37.3 Å². The topological polar surface area (TPSA) is 49.8 Å². The molecule has 2 unspecified atom stereocenters. The van der Waals surface area contributed by atoms with Gasteiger partial charge in [0.1, 0.15) is 11.5 Å². The van der Waals surface area contributed by atoms with Gasteiger partial charge in [-0.05, 0) is 29.7 Å². The highest BCUT2D eigenvalue weighted by atomic mass is 16.5. The molecule has 4 nitrogen and oxygen atoms in total. The van der Waals surface area contributed by atoms with Crippen molar-refractivity contribution in [2.75, 3.05) is 14.2 Å². The maximum absolute atomic E-state index is 12.0. The first-order chi connectivity index (χ1) is 8.92. The van der Waals surface area contributed by atoms with Crippen LogP contribution in [0.15, 0.2) is 18.2 Å². The van der Waals surface area contributed by atoms with Crippen LogP contribution in [0.1, 0.15) is 30.9 Å². The number of rotatable bonds is 1. The van der Waals surface area contributed by atoms with Gasteiger partial charge >= 0.3 is 0 Å². The van der Waals surface area contributed by atoms with Crippen molar-refractivity contribution in [3.8, 4) is 5.75 Å². The van der Waals surface area contributed by atoms with Gasteiger partial charge < -0.3 is 14.7 Å². The maximum atomic E-state index is 12.0. The van der Waals surface area contributed by atoms with E-state index < -0.39 is 11.1 Å². The second kappa shape index (κ2) is 3.73. The minimum Gasteiger partial charge on any atom is -0.497 e. The zero-order valence-corrected chi connectivity index (χ0v) is 11.6. The summed E-state index contributed by atoms with van der Waals surface area (Å²) in [4.78, 5) is 13.6. The first-order valence-corrected chi connectivity index (χ1v) is 6.59. The standard InChI is InChI=1S/C15H19NO3/c1-14-9-13(17)16(2)15(14,18)7-6-10-4-5-11(19-3)8-12(10)14/h4-5,8,18H,6-7,9H2,1-3H3. The molecule has 1 saturated heterocycles. The fraction of sp³-hybridized carbons (Fsp3) is 0.533. The Morgan fingerprint density at radius 1 is 1.42 bits per heavy atom. The smallest absolute Gasteiger partial charge is 0.225 e. The van der Waals surface area contributed by atoms with E-state index in [1.165, 1.54) is 10.5 Å². The monoisotopic (exact) mass is 261 g/mol. The second-order valence-corrected chi connectivity index (χ2v) is 5.80. The van der Waals surface area contributed by atoms with Crippen LogP contribution in [-0.4, -0.2) is 35.8 Å². The number of ether oxygens (including phenoxy) is 1. The van der Waals surface area contributed by atoms with E-state index in [1.54, 1.807) is 14.2 Å². The minimum absolute atomic E-state index is 0.000620. The Balaban J connectivity index is 2.20. The summed E-state index contributed by atoms with van der Waals surface area (Å²) in [5.74, 6) is 0.770. The number of carbonyl (C=O) groups is 1. The largest absolute Gasteiger partial charge is 0.497 e. The van der Waals surface area contributed by atoms with E-state index in [0.29, 0.717) is 12.8 Å². The Kier molecular flexibility index (Phi) is 2.45. The summed E-state index contributed by atoms with van der Waals surface area (Å²) in [5, 5.41) is 11.0. The summed E-state index contributed by atoms with van der Waals surface area (Å²) in [5.41, 5.74) is 0.610. The lowest BCUT2D eigenvalue weighted by atomic mass is 9.65. The zero-order chi connectivity index (χ0) is 13.8. The van der Waals surface area contributed by atoms with Crippen LogP contribution < -0.4 is 4.74 Å². The normalized spacial score (nSPS) is 33.1. The summed E-state index contributed by atoms with van der Waals surface area (Å²) >= 11 is 0. The molecule has 1 aliphatic heterocycles. The van der Waals surface area contributed by atoms with Gasteiger partial charge in [-0.25, -0.2) is 0 Å². The fourth-order valence-electron chi connectivity index (χ4n) is 3.62. The molecule has 1 heterocycles. The van der Waals surface area contributed by atoms with Gasteiger partial charge in [-0.15, -0.1) is 0 Å². The second-order valence-electron chi connectivity index (χ2n) is 5.80. The van der Waals surface area contributed by atoms with Gasteiger partial charge in [0.2, 0.25) is 5.91 Å². The highest BCUT2D eigenvalue weighted by Crippen LogP contribution is 2.52. The number of amides is 1. The predicted molar refractivity (Wildman–Crippen MR) is 71.0 cm³/mol. The molecule has 1 amide bonds. The molecule has 1 aliphatic carbocycles. The van der Waals surface area contributed by atoms with E-state index in [9.17, 15) is 9.90 Å². The number of benzene rings is 1. The lowest BCUT2D eigenvalue weighted by molar-refractivity contribution is -0.150. The molecule has 1 aromatic rings. The highest BCUT2D eigenvalue weighted by molar-refractivity contribution is 5.82. The van der Waals surface area contributed by atoms with Crippen molar-refractivity contribution >= 4 is 5.91 Å². The number of hydrogen-bond acceptors (Lipinski definition) is 3. The van der Waals surface area contributed by atoms with Crippen molar-refractivity contribution in [1.29, 1.82) is 0 Å². The molecule has 19 heavy (non-hydrogen) atoms. The Morgan fingerprint density at radius 2 is 2.16 bits per heavy atom. The first-order valence-electron chi connectivity index (χ1n) is 6.59. The molecule has 1 aromatic carbocycles. The van der Waals surface area contributed by atoms with E-state index in [4.69, 9.17) is 4.74 Å². The fourth-order valence-corrected chi connectivity index (χ4v) is 3.62. The van der Waals surface area contributed by atoms with E-state index >= 15 is 0 Å². The molecule has 0 bridgehead atoms. The van der Waals surface area contributed by atoms with Gasteiger partial charge in [-0.2, -0.15) is 0 Å². The molecule has 0 radical (unpaired) electrons. The van der Waals surface area contributed by atoms with E-state index in [-0.39, 0.29) is 5.91 Å². The molecule has 0 saturated carbocycles. The van der Waals surface area contributed by atoms with Crippen LogP contribution in [0.3, 0.4) is 0 Å². The molecule has 3 rings (SSSR count). The van der Waals surface area contributed by atoms with Crippen molar-refractivity contribution < 1.29 is 14.6 Å². The quantitative estimate of drug-likeness (QED) is 0.832. The SMILES string of the molecule is COc1ccc2c(c1)C1(C)CC(=O)N(C)C1(O)CC2. The Morgan fingerprint density at radius 3 is 2.84 bits per heavy atom. The van der Waals surface area contributed by atoms with E-state index in [0.717, 1.165) is 17.7 Å². The summed E-state index contributed by atoms with van der Waals surface area (Å²) in [7, 11) is 3.32. The molecule has 102 valence electrons. The molecular formula is C15H19NO3. The molecule has 0 aromatic heterocycles. The number of nitrogens with zero attached hydrogens (tertiary/aromatic N) is 1. The number of fused-ring (bicyclic) bond motifs is 3. The van der Waals surface area contributed by atoms with Crippen molar-refractivity contribution in [3.63, 3.8) is 0 Å². The number of likely N-dealkylation sites (tertiary alicyclic amines) is 1. The Bertz CT molecular complexity index is 556. The number of carbonyl (C=O) groups excluding carboxylic acids is 1. The lowest BCUT2D eigenvalue weighted by Gasteiger charge is -2.46. The third-order valence-electron chi connectivity index (χ3n) is 4.97. The number of aryl methyl sites for hydroxylation is 1. The average molecular weight is 261 g/mol. The molecule has 4 heteroatoms. The molecular weight excluding hydrogens is 242 g/mol. The molecule has 2 aliphatic rings. The maximum Gasteiger partial charge on any atom is 0.225 e. The Labute approximate surface area is 113 Å². The number of methoxy groups -OCH3 is 1. The van der Waals surface area contributed by atoms with Crippen LogP contribution in [0, 0.1) is 0 Å². The first kappa shape index (κ1) is 12.5. The van der Waals surface area contributed by atoms with Gasteiger partial charge in [0.25, 0.3) is 0 Å². The van der Waals surface area contributed by atoms with Crippen LogP contribution >= 0.6 is 0 Å². The van der Waals surface area contributed by atoms with Crippen LogP contribution in [0.2, 0.25) is 0 Å². The third-order valence-corrected chi connectivity index (χ3v) is 4.97. The number of aliphatic hydroxyl groups is 1. The molecule has 1 N–H and O–H groups in total. The number of likely N-dealkylation sites (N-methyl/N-ethyl adjacent to an activating group) is 1. The lowest BCUT2D eigenvalue weighted by Crippen LogP contribution is -2.56. The van der Waals surface area contributed by atoms with Crippen molar-refractivity contribution in [1.82, 2.24) is 4.90 Å². The molecule has 2 atom stereocenters. The van der Waals surface area contributed by atoms with Crippen molar-refractivity contribution in [2.24, 2.45) is 0 Å². The minimum atomic E-state index is -1.08. The van der Waals surface area contributed by atoms with Gasteiger partial charge in [-0.3, -0.25) is 4.79 Å². The van der Waals surface area contributed by atoms with E-state index in [1.807, 2.05) is 25.1 Å². The van der Waals surface area contributed by atoms with Crippen LogP contribution in [0.5, 0.6) is 5.75 Å². The van der Waals surface area contributed by atoms with Gasteiger partial charge in [0.05, 0.1) is 7.11 Å². The van der Waals surface area contributed by atoms with Crippen LogP contribution in [-0.2, 0) is 16.6 Å². The van der Waals surface area contributed by atoms with Crippen molar-refractivity contribution in [3.05, 3.63) is 29.3 Å².